The Hall–Kier alpha value is -0.570. The van der Waals surface area contributed by atoms with E-state index in [1.807, 2.05) is 0 Å². The predicted molar refractivity (Wildman–Crippen MR) is 71.7 cm³/mol. The SMILES string of the molecule is CCC(CC)NC(=O)[C@H](N)CC1CCCCC1. The molecule has 17 heavy (non-hydrogen) atoms. The molecule has 3 N–H and O–H groups in total. The van der Waals surface area contributed by atoms with Gasteiger partial charge in [-0.3, -0.25) is 4.79 Å². The molecule has 1 saturated carbocycles. The maximum Gasteiger partial charge on any atom is 0.237 e. The second-order valence-corrected chi connectivity index (χ2v) is 5.37. The first kappa shape index (κ1) is 14.5. The van der Waals surface area contributed by atoms with Crippen LogP contribution in [0.4, 0.5) is 0 Å². The monoisotopic (exact) mass is 240 g/mol. The van der Waals surface area contributed by atoms with E-state index < -0.39 is 0 Å². The number of nitrogens with two attached hydrogens (primary N) is 1. The Morgan fingerprint density at radius 3 is 2.35 bits per heavy atom. The molecule has 0 aromatic rings. The number of amides is 1. The minimum atomic E-state index is -0.307. The van der Waals surface area contributed by atoms with E-state index >= 15 is 0 Å². The van der Waals surface area contributed by atoms with E-state index in [9.17, 15) is 4.79 Å². The summed E-state index contributed by atoms with van der Waals surface area (Å²) in [6.07, 6.45) is 9.32. The Balaban J connectivity index is 2.30. The van der Waals surface area contributed by atoms with Crippen LogP contribution in [-0.2, 0) is 4.79 Å². The van der Waals surface area contributed by atoms with Crippen molar-refractivity contribution in [2.24, 2.45) is 11.7 Å². The number of carbonyl (C=O) groups excluding carboxylic acids is 1. The lowest BCUT2D eigenvalue weighted by atomic mass is 9.85. The average Bonchev–Trinajstić information content (AvgIpc) is 2.36. The van der Waals surface area contributed by atoms with Crippen LogP contribution in [0.5, 0.6) is 0 Å². The maximum absolute atomic E-state index is 11.9. The van der Waals surface area contributed by atoms with Gasteiger partial charge in [-0.2, -0.15) is 0 Å². The molecule has 0 bridgehead atoms. The fourth-order valence-corrected chi connectivity index (χ4v) is 2.69. The molecule has 1 rings (SSSR count). The summed E-state index contributed by atoms with van der Waals surface area (Å²) in [7, 11) is 0. The van der Waals surface area contributed by atoms with Crippen LogP contribution in [0.2, 0.25) is 0 Å². The summed E-state index contributed by atoms with van der Waals surface area (Å²) in [5.74, 6) is 0.718. The maximum atomic E-state index is 11.9. The number of carbonyl (C=O) groups is 1. The van der Waals surface area contributed by atoms with Gasteiger partial charge in [0.15, 0.2) is 0 Å². The molecule has 3 nitrogen and oxygen atoms in total. The second-order valence-electron chi connectivity index (χ2n) is 5.37. The molecule has 0 aromatic heterocycles. The van der Waals surface area contributed by atoms with Gasteiger partial charge in [-0.1, -0.05) is 46.0 Å². The Labute approximate surface area is 106 Å². The minimum Gasteiger partial charge on any atom is -0.352 e. The lowest BCUT2D eigenvalue weighted by Crippen LogP contribution is -2.45. The summed E-state index contributed by atoms with van der Waals surface area (Å²) >= 11 is 0. The van der Waals surface area contributed by atoms with Gasteiger partial charge in [-0.05, 0) is 25.2 Å². The highest BCUT2D eigenvalue weighted by molar-refractivity contribution is 5.81. The van der Waals surface area contributed by atoms with Crippen molar-refractivity contribution in [3.63, 3.8) is 0 Å². The van der Waals surface area contributed by atoms with Gasteiger partial charge in [0.05, 0.1) is 6.04 Å². The van der Waals surface area contributed by atoms with Crippen molar-refractivity contribution in [2.45, 2.75) is 77.3 Å². The molecule has 3 heteroatoms. The summed E-state index contributed by atoms with van der Waals surface area (Å²) in [6.45, 7) is 4.20. The quantitative estimate of drug-likeness (QED) is 0.750. The van der Waals surface area contributed by atoms with E-state index in [0.717, 1.165) is 19.3 Å². The zero-order valence-electron chi connectivity index (χ0n) is 11.4. The van der Waals surface area contributed by atoms with E-state index in [0.29, 0.717) is 12.0 Å². The molecule has 1 aliphatic carbocycles. The van der Waals surface area contributed by atoms with Crippen LogP contribution in [0.3, 0.4) is 0 Å². The summed E-state index contributed by atoms with van der Waals surface area (Å²) < 4.78 is 0. The van der Waals surface area contributed by atoms with Crippen LogP contribution in [0.25, 0.3) is 0 Å². The Bertz CT molecular complexity index is 220. The van der Waals surface area contributed by atoms with Gasteiger partial charge in [-0.25, -0.2) is 0 Å². The van der Waals surface area contributed by atoms with E-state index in [4.69, 9.17) is 5.73 Å². The molecular formula is C14H28N2O. The van der Waals surface area contributed by atoms with Crippen molar-refractivity contribution in [2.75, 3.05) is 0 Å². The molecule has 0 spiro atoms. The van der Waals surface area contributed by atoms with Crippen LogP contribution in [0.1, 0.15) is 65.2 Å². The number of nitrogens with one attached hydrogen (secondary N) is 1. The topological polar surface area (TPSA) is 55.1 Å². The fraction of sp³-hybridized carbons (Fsp3) is 0.929. The van der Waals surface area contributed by atoms with E-state index in [1.54, 1.807) is 0 Å². The highest BCUT2D eigenvalue weighted by Crippen LogP contribution is 2.26. The van der Waals surface area contributed by atoms with Crippen molar-refractivity contribution in [1.82, 2.24) is 5.32 Å². The third kappa shape index (κ3) is 5.07. The summed E-state index contributed by atoms with van der Waals surface area (Å²) in [6, 6.07) is -0.0152. The smallest absolute Gasteiger partial charge is 0.237 e. The van der Waals surface area contributed by atoms with Crippen molar-refractivity contribution in [3.05, 3.63) is 0 Å². The van der Waals surface area contributed by atoms with Crippen LogP contribution >= 0.6 is 0 Å². The van der Waals surface area contributed by atoms with E-state index in [-0.39, 0.29) is 11.9 Å². The first-order chi connectivity index (χ1) is 8.17. The molecule has 1 aliphatic rings. The van der Waals surface area contributed by atoms with E-state index in [2.05, 4.69) is 19.2 Å². The molecule has 0 heterocycles. The minimum absolute atomic E-state index is 0.0456. The van der Waals surface area contributed by atoms with Gasteiger partial charge in [0, 0.05) is 6.04 Å². The predicted octanol–water partition coefficient (Wildman–Crippen LogP) is 2.59. The average molecular weight is 240 g/mol. The zero-order chi connectivity index (χ0) is 12.7. The van der Waals surface area contributed by atoms with Gasteiger partial charge in [0.2, 0.25) is 5.91 Å². The highest BCUT2D eigenvalue weighted by atomic mass is 16.2. The molecule has 100 valence electrons. The summed E-state index contributed by atoms with van der Waals surface area (Å²) in [4.78, 5) is 11.9. The largest absolute Gasteiger partial charge is 0.352 e. The Morgan fingerprint density at radius 2 is 1.82 bits per heavy atom. The third-order valence-corrected chi connectivity index (χ3v) is 3.98. The normalized spacial score (nSPS) is 19.3. The van der Waals surface area contributed by atoms with Gasteiger partial charge in [0.1, 0.15) is 0 Å². The van der Waals surface area contributed by atoms with Crippen LogP contribution in [-0.4, -0.2) is 18.0 Å². The van der Waals surface area contributed by atoms with Gasteiger partial charge >= 0.3 is 0 Å². The van der Waals surface area contributed by atoms with Gasteiger partial charge < -0.3 is 11.1 Å². The molecule has 0 aliphatic heterocycles. The fourth-order valence-electron chi connectivity index (χ4n) is 2.69. The first-order valence-electron chi connectivity index (χ1n) is 7.23. The molecule has 0 unspecified atom stereocenters. The lowest BCUT2D eigenvalue weighted by molar-refractivity contribution is -0.123. The lowest BCUT2D eigenvalue weighted by Gasteiger charge is -2.25. The van der Waals surface area contributed by atoms with Crippen LogP contribution < -0.4 is 11.1 Å². The van der Waals surface area contributed by atoms with Gasteiger partial charge in [-0.15, -0.1) is 0 Å². The van der Waals surface area contributed by atoms with Crippen LogP contribution in [0, 0.1) is 5.92 Å². The Kier molecular flexibility index (Phi) is 6.56. The van der Waals surface area contributed by atoms with Crippen molar-refractivity contribution >= 4 is 5.91 Å². The molecular weight excluding hydrogens is 212 g/mol. The zero-order valence-corrected chi connectivity index (χ0v) is 11.4. The number of hydrogen-bond donors (Lipinski definition) is 2. The molecule has 1 fully saturated rings. The molecule has 0 saturated heterocycles. The second kappa shape index (κ2) is 7.70. The standard InChI is InChI=1S/C14H28N2O/c1-3-12(4-2)16-14(17)13(15)10-11-8-6-5-7-9-11/h11-13H,3-10,15H2,1-2H3,(H,16,17)/t13-/m1/s1. The van der Waals surface area contributed by atoms with Crippen molar-refractivity contribution in [3.8, 4) is 0 Å². The molecule has 1 amide bonds. The third-order valence-electron chi connectivity index (χ3n) is 3.98. The summed E-state index contributed by atoms with van der Waals surface area (Å²) in [5.41, 5.74) is 5.99. The van der Waals surface area contributed by atoms with E-state index in [1.165, 1.54) is 32.1 Å². The van der Waals surface area contributed by atoms with Gasteiger partial charge in [0.25, 0.3) is 0 Å². The highest BCUT2D eigenvalue weighted by Gasteiger charge is 2.22. The van der Waals surface area contributed by atoms with Crippen molar-refractivity contribution in [1.29, 1.82) is 0 Å². The molecule has 0 radical (unpaired) electrons. The molecule has 0 aromatic carbocycles. The number of hydrogen-bond acceptors (Lipinski definition) is 2. The summed E-state index contributed by atoms with van der Waals surface area (Å²) in [5, 5.41) is 3.04. The molecule has 1 atom stereocenters. The first-order valence-corrected chi connectivity index (χ1v) is 7.23. The Morgan fingerprint density at radius 1 is 1.24 bits per heavy atom. The number of rotatable bonds is 6. The van der Waals surface area contributed by atoms with Crippen LogP contribution in [0.15, 0.2) is 0 Å². The van der Waals surface area contributed by atoms with Crippen molar-refractivity contribution < 1.29 is 4.79 Å².